The van der Waals surface area contributed by atoms with E-state index in [1.807, 2.05) is 0 Å². The van der Waals surface area contributed by atoms with E-state index in [9.17, 15) is 22.8 Å². The van der Waals surface area contributed by atoms with Crippen LogP contribution in [0, 0.1) is 0 Å². The number of Topliss-reactive ketones (excluding diaryl/α,β-unsaturated/α-hetero) is 1. The van der Waals surface area contributed by atoms with Gasteiger partial charge in [-0.25, -0.2) is 0 Å². The first-order valence-corrected chi connectivity index (χ1v) is 5.01. The highest BCUT2D eigenvalue weighted by molar-refractivity contribution is 5.97. The number of hydrogen-bond acceptors (Lipinski definition) is 2. The molecule has 0 amide bonds. The highest BCUT2D eigenvalue weighted by Gasteiger charge is 2.34. The topological polar surface area (TPSA) is 34.1 Å². The third-order valence-corrected chi connectivity index (χ3v) is 2.47. The van der Waals surface area contributed by atoms with E-state index in [0.717, 1.165) is 12.1 Å². The molecule has 0 unspecified atom stereocenters. The number of carbonyl (C=O) groups excluding carboxylic acids is 2. The lowest BCUT2D eigenvalue weighted by Crippen LogP contribution is -2.12. The molecule has 1 aromatic carbocycles. The van der Waals surface area contributed by atoms with E-state index in [4.69, 9.17) is 0 Å². The maximum absolute atomic E-state index is 12.6. The van der Waals surface area contributed by atoms with Gasteiger partial charge in [-0.1, -0.05) is 6.92 Å². The van der Waals surface area contributed by atoms with Gasteiger partial charge in [-0.05, 0) is 31.0 Å². The van der Waals surface area contributed by atoms with Crippen LogP contribution >= 0.6 is 0 Å². The third kappa shape index (κ3) is 2.72. The molecule has 0 heterocycles. The van der Waals surface area contributed by atoms with Crippen molar-refractivity contribution in [1.82, 2.24) is 0 Å². The fraction of sp³-hybridized carbons (Fsp3) is 0.333. The summed E-state index contributed by atoms with van der Waals surface area (Å²) >= 11 is 0. The molecule has 0 fully saturated rings. The molecule has 5 heteroatoms. The van der Waals surface area contributed by atoms with Crippen LogP contribution in [0.15, 0.2) is 12.1 Å². The van der Waals surface area contributed by atoms with Crippen molar-refractivity contribution in [3.63, 3.8) is 0 Å². The summed E-state index contributed by atoms with van der Waals surface area (Å²) in [5.41, 5.74) is -1.02. The quantitative estimate of drug-likeness (QED) is 0.604. The molecule has 2 nitrogen and oxygen atoms in total. The van der Waals surface area contributed by atoms with Crippen LogP contribution in [0.3, 0.4) is 0 Å². The number of benzene rings is 1. The van der Waals surface area contributed by atoms with Gasteiger partial charge < -0.3 is 0 Å². The molecule has 0 saturated carbocycles. The number of ketones is 1. The lowest BCUT2D eigenvalue weighted by atomic mass is 9.95. The van der Waals surface area contributed by atoms with E-state index in [-0.39, 0.29) is 17.6 Å². The number of halogens is 3. The van der Waals surface area contributed by atoms with E-state index in [1.165, 1.54) is 6.92 Å². The van der Waals surface area contributed by atoms with Crippen LogP contribution in [0.4, 0.5) is 13.2 Å². The van der Waals surface area contributed by atoms with E-state index in [0.29, 0.717) is 12.0 Å². The first-order chi connectivity index (χ1) is 7.81. The molecule has 0 atom stereocenters. The van der Waals surface area contributed by atoms with Crippen LogP contribution in [0.25, 0.3) is 0 Å². The van der Waals surface area contributed by atoms with Gasteiger partial charge in [0.15, 0.2) is 12.1 Å². The van der Waals surface area contributed by atoms with Gasteiger partial charge in [0, 0.05) is 11.1 Å². The normalized spacial score (nSPS) is 11.4. The molecule has 0 bridgehead atoms. The molecular formula is C12H11F3O2. The van der Waals surface area contributed by atoms with Crippen molar-refractivity contribution in [3.8, 4) is 0 Å². The molecule has 0 aromatic heterocycles. The first-order valence-electron chi connectivity index (χ1n) is 5.01. The van der Waals surface area contributed by atoms with Gasteiger partial charge in [0.25, 0.3) is 0 Å². The minimum absolute atomic E-state index is 0.120. The Morgan fingerprint density at radius 3 is 2.29 bits per heavy atom. The summed E-state index contributed by atoms with van der Waals surface area (Å²) in [6.45, 7) is 2.92. The number of aryl methyl sites for hydroxylation is 1. The van der Waals surface area contributed by atoms with Crippen molar-refractivity contribution in [2.75, 3.05) is 0 Å². The molecule has 0 spiro atoms. The standard InChI is InChI=1S/C12H11F3O2/c1-3-8-5-11(12(13,14)15)9(6-16)4-10(8)7(2)17/h4-6H,3H2,1-2H3. The second kappa shape index (κ2) is 4.69. The average Bonchev–Trinajstić information content (AvgIpc) is 2.25. The molecule has 0 radical (unpaired) electrons. The molecule has 0 aliphatic rings. The monoisotopic (exact) mass is 244 g/mol. The van der Waals surface area contributed by atoms with Gasteiger partial charge in [0.1, 0.15) is 0 Å². The summed E-state index contributed by atoms with van der Waals surface area (Å²) < 4.78 is 37.9. The second-order valence-corrected chi connectivity index (χ2v) is 3.62. The SMILES string of the molecule is CCc1cc(C(F)(F)F)c(C=O)cc1C(C)=O. The summed E-state index contributed by atoms with van der Waals surface area (Å²) in [5.74, 6) is -0.348. The molecule has 17 heavy (non-hydrogen) atoms. The summed E-state index contributed by atoms with van der Waals surface area (Å²) in [7, 11) is 0. The van der Waals surface area contributed by atoms with Gasteiger partial charge in [0.05, 0.1) is 5.56 Å². The van der Waals surface area contributed by atoms with Crippen LogP contribution in [0.5, 0.6) is 0 Å². The number of aldehydes is 1. The summed E-state index contributed by atoms with van der Waals surface area (Å²) in [4.78, 5) is 21.9. The van der Waals surface area contributed by atoms with E-state index in [2.05, 4.69) is 0 Å². The summed E-state index contributed by atoms with van der Waals surface area (Å²) in [6, 6.07) is 1.89. The molecule has 1 aromatic rings. The van der Waals surface area contributed by atoms with Crippen molar-refractivity contribution in [3.05, 3.63) is 34.4 Å². The molecule has 92 valence electrons. The summed E-state index contributed by atoms with van der Waals surface area (Å²) in [5, 5.41) is 0. The van der Waals surface area contributed by atoms with Crippen LogP contribution in [0.1, 0.15) is 45.7 Å². The Morgan fingerprint density at radius 2 is 1.94 bits per heavy atom. The maximum atomic E-state index is 12.6. The van der Waals surface area contributed by atoms with Crippen LogP contribution in [0.2, 0.25) is 0 Å². The Hall–Kier alpha value is -1.65. The minimum Gasteiger partial charge on any atom is -0.298 e. The van der Waals surface area contributed by atoms with Gasteiger partial charge in [0.2, 0.25) is 0 Å². The van der Waals surface area contributed by atoms with Crippen molar-refractivity contribution in [2.45, 2.75) is 26.4 Å². The van der Waals surface area contributed by atoms with E-state index < -0.39 is 17.3 Å². The Morgan fingerprint density at radius 1 is 1.35 bits per heavy atom. The molecular weight excluding hydrogens is 233 g/mol. The smallest absolute Gasteiger partial charge is 0.298 e. The molecule has 0 N–H and O–H groups in total. The predicted octanol–water partition coefficient (Wildman–Crippen LogP) is 3.28. The Balaban J connectivity index is 3.54. The fourth-order valence-electron chi connectivity index (χ4n) is 1.62. The average molecular weight is 244 g/mol. The molecule has 1 rings (SSSR count). The van der Waals surface area contributed by atoms with Gasteiger partial charge in [-0.2, -0.15) is 13.2 Å². The van der Waals surface area contributed by atoms with Crippen molar-refractivity contribution in [1.29, 1.82) is 0 Å². The maximum Gasteiger partial charge on any atom is 0.417 e. The van der Waals surface area contributed by atoms with Crippen molar-refractivity contribution >= 4 is 12.1 Å². The van der Waals surface area contributed by atoms with Gasteiger partial charge in [-0.15, -0.1) is 0 Å². The predicted molar refractivity (Wildman–Crippen MR) is 56.2 cm³/mol. The third-order valence-electron chi connectivity index (χ3n) is 2.47. The molecule has 0 aliphatic carbocycles. The summed E-state index contributed by atoms with van der Waals surface area (Å²) in [6.07, 6.45) is -4.17. The van der Waals surface area contributed by atoms with Crippen LogP contribution < -0.4 is 0 Å². The first kappa shape index (κ1) is 13.4. The van der Waals surface area contributed by atoms with Gasteiger partial charge >= 0.3 is 6.18 Å². The zero-order valence-electron chi connectivity index (χ0n) is 9.39. The van der Waals surface area contributed by atoms with E-state index >= 15 is 0 Å². The number of carbonyl (C=O) groups is 2. The number of alkyl halides is 3. The highest BCUT2D eigenvalue weighted by Crippen LogP contribution is 2.33. The lowest BCUT2D eigenvalue weighted by molar-refractivity contribution is -0.137. The largest absolute Gasteiger partial charge is 0.417 e. The second-order valence-electron chi connectivity index (χ2n) is 3.62. The minimum atomic E-state index is -4.59. The van der Waals surface area contributed by atoms with Crippen molar-refractivity contribution in [2.24, 2.45) is 0 Å². The Bertz CT molecular complexity index is 462. The number of rotatable bonds is 3. The number of hydrogen-bond donors (Lipinski definition) is 0. The lowest BCUT2D eigenvalue weighted by Gasteiger charge is -2.13. The van der Waals surface area contributed by atoms with Gasteiger partial charge in [-0.3, -0.25) is 9.59 Å². The van der Waals surface area contributed by atoms with Crippen LogP contribution in [-0.2, 0) is 12.6 Å². The van der Waals surface area contributed by atoms with E-state index in [1.54, 1.807) is 6.92 Å². The van der Waals surface area contributed by atoms with Crippen molar-refractivity contribution < 1.29 is 22.8 Å². The Labute approximate surface area is 96.4 Å². The Kier molecular flexibility index (Phi) is 3.70. The molecule has 0 aliphatic heterocycles. The zero-order chi connectivity index (χ0) is 13.2. The zero-order valence-corrected chi connectivity index (χ0v) is 9.39. The highest BCUT2D eigenvalue weighted by atomic mass is 19.4. The van der Waals surface area contributed by atoms with Crippen LogP contribution in [-0.4, -0.2) is 12.1 Å². The molecule has 0 saturated heterocycles. The fourth-order valence-corrected chi connectivity index (χ4v) is 1.62.